The molecule has 0 atom stereocenters. The highest BCUT2D eigenvalue weighted by Gasteiger charge is 2.24. The van der Waals surface area contributed by atoms with E-state index in [1.807, 2.05) is 31.2 Å². The second-order valence-electron chi connectivity index (χ2n) is 6.07. The number of benzene rings is 2. The minimum Gasteiger partial charge on any atom is -0.493 e. The molecule has 0 aromatic heterocycles. The Labute approximate surface area is 167 Å². The van der Waals surface area contributed by atoms with Crippen LogP contribution in [-0.2, 0) is 14.3 Å². The van der Waals surface area contributed by atoms with Crippen LogP contribution in [-0.4, -0.2) is 24.9 Å². The van der Waals surface area contributed by atoms with Crippen molar-refractivity contribution >= 4 is 35.5 Å². The number of nitrogens with zero attached hydrogens (tertiary/aromatic N) is 1. The zero-order chi connectivity index (χ0) is 20.3. The minimum atomic E-state index is -0.562. The van der Waals surface area contributed by atoms with E-state index in [4.69, 9.17) is 25.8 Å². The normalized spacial score (nSPS) is 14.6. The van der Waals surface area contributed by atoms with Gasteiger partial charge in [0.2, 0.25) is 5.90 Å². The van der Waals surface area contributed by atoms with Gasteiger partial charge in [0.15, 0.2) is 17.2 Å². The molecule has 3 rings (SSSR count). The molecule has 2 aromatic carbocycles. The molecule has 0 fully saturated rings. The number of hydrogen-bond acceptors (Lipinski definition) is 6. The zero-order valence-electron chi connectivity index (χ0n) is 15.6. The molecule has 0 bridgehead atoms. The standard InChI is InChI=1S/C21H18ClNO5/c1-4-18(24)27-19-15(22)9-13(11-17(19)26-3)10-16-21(25)28-20(23-16)14-7-5-6-12(2)8-14/h5-11H,4H2,1-3H3/b16-10-. The number of methoxy groups -OCH3 is 1. The molecule has 0 saturated carbocycles. The molecule has 144 valence electrons. The molecule has 1 aliphatic rings. The van der Waals surface area contributed by atoms with Crippen molar-refractivity contribution in [3.8, 4) is 11.5 Å². The summed E-state index contributed by atoms with van der Waals surface area (Å²) in [6, 6.07) is 10.7. The summed E-state index contributed by atoms with van der Waals surface area (Å²) in [6.45, 7) is 3.62. The van der Waals surface area contributed by atoms with Crippen molar-refractivity contribution < 1.29 is 23.8 Å². The van der Waals surface area contributed by atoms with Crippen LogP contribution in [0.2, 0.25) is 5.02 Å². The Balaban J connectivity index is 1.95. The van der Waals surface area contributed by atoms with Crippen LogP contribution < -0.4 is 9.47 Å². The van der Waals surface area contributed by atoms with Crippen molar-refractivity contribution in [3.05, 3.63) is 63.8 Å². The Morgan fingerprint density at radius 3 is 2.75 bits per heavy atom. The summed E-state index contributed by atoms with van der Waals surface area (Å²) in [7, 11) is 1.43. The molecule has 0 unspecified atom stereocenters. The summed E-state index contributed by atoms with van der Waals surface area (Å²) in [5, 5.41) is 0.183. The lowest BCUT2D eigenvalue weighted by Crippen LogP contribution is -2.07. The first-order chi connectivity index (χ1) is 13.4. The number of esters is 2. The summed E-state index contributed by atoms with van der Waals surface area (Å²) in [5.41, 5.74) is 2.43. The fourth-order valence-electron chi connectivity index (χ4n) is 2.58. The molecule has 2 aromatic rings. The highest BCUT2D eigenvalue weighted by atomic mass is 35.5. The van der Waals surface area contributed by atoms with E-state index in [1.54, 1.807) is 19.1 Å². The van der Waals surface area contributed by atoms with Crippen LogP contribution in [0.4, 0.5) is 0 Å². The molecule has 28 heavy (non-hydrogen) atoms. The van der Waals surface area contributed by atoms with E-state index in [0.29, 0.717) is 11.1 Å². The van der Waals surface area contributed by atoms with Gasteiger partial charge in [-0.05, 0) is 42.8 Å². The van der Waals surface area contributed by atoms with E-state index in [0.717, 1.165) is 5.56 Å². The number of cyclic esters (lactones) is 1. The van der Waals surface area contributed by atoms with Crippen molar-refractivity contribution in [2.45, 2.75) is 20.3 Å². The van der Waals surface area contributed by atoms with E-state index < -0.39 is 11.9 Å². The number of rotatable bonds is 5. The van der Waals surface area contributed by atoms with Gasteiger partial charge in [-0.2, -0.15) is 0 Å². The minimum absolute atomic E-state index is 0.132. The largest absolute Gasteiger partial charge is 0.493 e. The Morgan fingerprint density at radius 1 is 1.29 bits per heavy atom. The van der Waals surface area contributed by atoms with E-state index in [9.17, 15) is 9.59 Å². The van der Waals surface area contributed by atoms with Crippen LogP contribution in [0.5, 0.6) is 11.5 Å². The second-order valence-corrected chi connectivity index (χ2v) is 6.47. The molecular weight excluding hydrogens is 382 g/mol. The lowest BCUT2D eigenvalue weighted by molar-refractivity contribution is -0.134. The van der Waals surface area contributed by atoms with E-state index in [1.165, 1.54) is 13.2 Å². The van der Waals surface area contributed by atoms with Crippen molar-refractivity contribution in [2.75, 3.05) is 7.11 Å². The number of carbonyl (C=O) groups excluding carboxylic acids is 2. The van der Waals surface area contributed by atoms with Gasteiger partial charge in [0.05, 0.1) is 12.1 Å². The van der Waals surface area contributed by atoms with Gasteiger partial charge in [-0.25, -0.2) is 9.79 Å². The predicted molar refractivity (Wildman–Crippen MR) is 106 cm³/mol. The Bertz CT molecular complexity index is 1010. The fraction of sp³-hybridized carbons (Fsp3) is 0.190. The maximum Gasteiger partial charge on any atom is 0.363 e. The smallest absolute Gasteiger partial charge is 0.363 e. The summed E-state index contributed by atoms with van der Waals surface area (Å²) in [5.74, 6) is -0.343. The number of hydrogen-bond donors (Lipinski definition) is 0. The topological polar surface area (TPSA) is 74.2 Å². The van der Waals surface area contributed by atoms with Gasteiger partial charge >= 0.3 is 11.9 Å². The average molecular weight is 400 g/mol. The first kappa shape index (κ1) is 19.6. The van der Waals surface area contributed by atoms with Crippen LogP contribution in [0, 0.1) is 6.92 Å². The van der Waals surface area contributed by atoms with Crippen molar-refractivity contribution in [1.29, 1.82) is 0 Å². The third-order valence-corrected chi connectivity index (χ3v) is 4.23. The monoisotopic (exact) mass is 399 g/mol. The lowest BCUT2D eigenvalue weighted by Gasteiger charge is -2.11. The van der Waals surface area contributed by atoms with E-state index in [-0.39, 0.29) is 34.5 Å². The van der Waals surface area contributed by atoms with Gasteiger partial charge in [-0.1, -0.05) is 36.2 Å². The first-order valence-electron chi connectivity index (χ1n) is 8.59. The third kappa shape index (κ3) is 4.23. The van der Waals surface area contributed by atoms with Gasteiger partial charge in [0, 0.05) is 12.0 Å². The van der Waals surface area contributed by atoms with Crippen LogP contribution in [0.15, 0.2) is 47.1 Å². The van der Waals surface area contributed by atoms with Crippen molar-refractivity contribution in [1.82, 2.24) is 0 Å². The molecule has 0 radical (unpaired) electrons. The molecule has 7 heteroatoms. The van der Waals surface area contributed by atoms with Crippen molar-refractivity contribution in [2.24, 2.45) is 4.99 Å². The maximum atomic E-state index is 12.2. The summed E-state index contributed by atoms with van der Waals surface area (Å²) < 4.78 is 15.8. The van der Waals surface area contributed by atoms with E-state index in [2.05, 4.69) is 4.99 Å². The summed E-state index contributed by atoms with van der Waals surface area (Å²) >= 11 is 6.24. The van der Waals surface area contributed by atoms with Crippen LogP contribution >= 0.6 is 11.6 Å². The van der Waals surface area contributed by atoms with Gasteiger partial charge in [0.1, 0.15) is 0 Å². The number of aryl methyl sites for hydroxylation is 1. The highest BCUT2D eigenvalue weighted by Crippen LogP contribution is 2.37. The first-order valence-corrected chi connectivity index (χ1v) is 8.97. The molecule has 0 amide bonds. The summed E-state index contributed by atoms with van der Waals surface area (Å²) in [6.07, 6.45) is 1.73. The number of ether oxygens (including phenoxy) is 3. The van der Waals surface area contributed by atoms with Crippen LogP contribution in [0.1, 0.15) is 30.0 Å². The fourth-order valence-corrected chi connectivity index (χ4v) is 2.83. The van der Waals surface area contributed by atoms with Gasteiger partial charge in [-0.3, -0.25) is 4.79 Å². The predicted octanol–water partition coefficient (Wildman–Crippen LogP) is 4.32. The van der Waals surface area contributed by atoms with Crippen LogP contribution in [0.3, 0.4) is 0 Å². The van der Waals surface area contributed by atoms with Crippen LogP contribution in [0.25, 0.3) is 6.08 Å². The Hall–Kier alpha value is -3.12. The molecule has 1 heterocycles. The molecule has 0 saturated heterocycles. The molecule has 6 nitrogen and oxygen atoms in total. The van der Waals surface area contributed by atoms with E-state index >= 15 is 0 Å². The number of halogens is 1. The molecule has 0 aliphatic carbocycles. The van der Waals surface area contributed by atoms with Gasteiger partial charge < -0.3 is 14.2 Å². The lowest BCUT2D eigenvalue weighted by atomic mass is 10.1. The average Bonchev–Trinajstić information content (AvgIpc) is 3.04. The quantitative estimate of drug-likeness (QED) is 0.425. The summed E-state index contributed by atoms with van der Waals surface area (Å²) in [4.78, 5) is 28.1. The Morgan fingerprint density at radius 2 is 2.07 bits per heavy atom. The molecule has 1 aliphatic heterocycles. The highest BCUT2D eigenvalue weighted by molar-refractivity contribution is 6.32. The molecular formula is C21H18ClNO5. The Kier molecular flexibility index (Phi) is 5.80. The zero-order valence-corrected chi connectivity index (χ0v) is 16.4. The second kappa shape index (κ2) is 8.27. The molecule has 0 spiro atoms. The number of aliphatic imine (C=N–C) groups is 1. The van der Waals surface area contributed by atoms with Gasteiger partial charge in [0.25, 0.3) is 0 Å². The SMILES string of the molecule is CCC(=O)Oc1c(Cl)cc(/C=C2\N=C(c3cccc(C)c3)OC2=O)cc1OC. The van der Waals surface area contributed by atoms with Gasteiger partial charge in [-0.15, -0.1) is 0 Å². The van der Waals surface area contributed by atoms with Crippen molar-refractivity contribution in [3.63, 3.8) is 0 Å². The molecule has 0 N–H and O–H groups in total. The number of carbonyl (C=O) groups is 2. The third-order valence-electron chi connectivity index (χ3n) is 3.95. The maximum absolute atomic E-state index is 12.2.